The van der Waals surface area contributed by atoms with E-state index >= 15 is 0 Å². The zero-order chi connectivity index (χ0) is 12.3. The Bertz CT molecular complexity index is 422. The molecule has 0 spiro atoms. The first-order valence-corrected chi connectivity index (χ1v) is 7.61. The molecule has 0 atom stereocenters. The van der Waals surface area contributed by atoms with Crippen LogP contribution in [0.3, 0.4) is 0 Å². The molecule has 1 heterocycles. The van der Waals surface area contributed by atoms with Crippen LogP contribution in [0.25, 0.3) is 0 Å². The predicted octanol–water partition coefficient (Wildman–Crippen LogP) is 3.33. The zero-order valence-corrected chi connectivity index (χ0v) is 12.3. The highest BCUT2D eigenvalue weighted by Crippen LogP contribution is 2.23. The highest BCUT2D eigenvalue weighted by atomic mass is 79.9. The van der Waals surface area contributed by atoms with E-state index in [0.29, 0.717) is 9.59 Å². The Morgan fingerprint density at radius 2 is 2.12 bits per heavy atom. The summed E-state index contributed by atoms with van der Waals surface area (Å²) in [6, 6.07) is 4.53. The van der Waals surface area contributed by atoms with Crippen molar-refractivity contribution in [3.63, 3.8) is 0 Å². The maximum absolute atomic E-state index is 12.9. The number of rotatable bonds is 1. The van der Waals surface area contributed by atoms with E-state index in [1.165, 1.54) is 12.1 Å². The van der Waals surface area contributed by atoms with Crippen LogP contribution in [0.5, 0.6) is 0 Å². The smallest absolute Gasteiger partial charge is 0.173 e. The molecule has 2 nitrogen and oxygen atoms in total. The second kappa shape index (κ2) is 6.02. The summed E-state index contributed by atoms with van der Waals surface area (Å²) in [5, 5.41) is 3.85. The topological polar surface area (TPSA) is 15.3 Å². The van der Waals surface area contributed by atoms with Gasteiger partial charge >= 0.3 is 0 Å². The van der Waals surface area contributed by atoms with Crippen molar-refractivity contribution in [2.45, 2.75) is 0 Å². The molecule has 6 heteroatoms. The van der Waals surface area contributed by atoms with Crippen LogP contribution in [0.15, 0.2) is 22.7 Å². The van der Waals surface area contributed by atoms with Crippen molar-refractivity contribution in [3.8, 4) is 0 Å². The van der Waals surface area contributed by atoms with Crippen LogP contribution >= 0.6 is 39.9 Å². The first-order valence-electron chi connectivity index (χ1n) is 5.25. The first kappa shape index (κ1) is 13.1. The van der Waals surface area contributed by atoms with Gasteiger partial charge in [0.25, 0.3) is 0 Å². The van der Waals surface area contributed by atoms with Gasteiger partial charge in [-0.2, -0.15) is 11.8 Å². The average Bonchev–Trinajstić information content (AvgIpc) is 2.34. The number of hydrogen-bond acceptors (Lipinski definition) is 2. The predicted molar refractivity (Wildman–Crippen MR) is 79.2 cm³/mol. The molecule has 2 rings (SSSR count). The summed E-state index contributed by atoms with van der Waals surface area (Å²) >= 11 is 10.6. The van der Waals surface area contributed by atoms with Crippen molar-refractivity contribution in [1.82, 2.24) is 4.90 Å². The number of thiocarbonyl (C=S) groups is 1. The third-order valence-electron chi connectivity index (χ3n) is 2.47. The SMILES string of the molecule is Fc1ccc(NC(=S)N2CCSCC2)c(Br)c1. The molecule has 0 radical (unpaired) electrons. The van der Waals surface area contributed by atoms with Crippen molar-refractivity contribution < 1.29 is 4.39 Å². The van der Waals surface area contributed by atoms with E-state index in [-0.39, 0.29) is 5.82 Å². The molecule has 17 heavy (non-hydrogen) atoms. The Kier molecular flexibility index (Phi) is 4.64. The molecule has 1 N–H and O–H groups in total. The molecule has 1 fully saturated rings. The summed E-state index contributed by atoms with van der Waals surface area (Å²) in [4.78, 5) is 2.14. The summed E-state index contributed by atoms with van der Waals surface area (Å²) in [6.45, 7) is 1.94. The fourth-order valence-corrected chi connectivity index (χ4v) is 3.20. The van der Waals surface area contributed by atoms with Gasteiger partial charge in [-0.25, -0.2) is 4.39 Å². The summed E-state index contributed by atoms with van der Waals surface area (Å²) in [6.07, 6.45) is 0. The molecule has 1 aromatic carbocycles. The van der Waals surface area contributed by atoms with Crippen LogP contribution in [0, 0.1) is 5.82 Å². The molecule has 0 aliphatic carbocycles. The van der Waals surface area contributed by atoms with Crippen molar-refractivity contribution in [2.24, 2.45) is 0 Å². The maximum atomic E-state index is 12.9. The van der Waals surface area contributed by atoms with Gasteiger partial charge in [-0.3, -0.25) is 0 Å². The number of thioether (sulfide) groups is 1. The number of anilines is 1. The number of nitrogens with one attached hydrogen (secondary N) is 1. The Hall–Kier alpha value is -0.330. The van der Waals surface area contributed by atoms with Crippen LogP contribution in [-0.2, 0) is 0 Å². The van der Waals surface area contributed by atoms with Gasteiger partial charge in [0.05, 0.1) is 5.69 Å². The molecule has 0 saturated carbocycles. The van der Waals surface area contributed by atoms with E-state index < -0.39 is 0 Å². The van der Waals surface area contributed by atoms with E-state index in [1.807, 2.05) is 11.8 Å². The van der Waals surface area contributed by atoms with Crippen LogP contribution < -0.4 is 5.32 Å². The van der Waals surface area contributed by atoms with Gasteiger partial charge in [0.15, 0.2) is 5.11 Å². The van der Waals surface area contributed by atoms with E-state index in [9.17, 15) is 4.39 Å². The highest BCUT2D eigenvalue weighted by Gasteiger charge is 2.14. The highest BCUT2D eigenvalue weighted by molar-refractivity contribution is 9.10. The molecule has 92 valence electrons. The minimum absolute atomic E-state index is 0.261. The lowest BCUT2D eigenvalue weighted by molar-refractivity contribution is 0.470. The fraction of sp³-hybridized carbons (Fsp3) is 0.364. The van der Waals surface area contributed by atoms with Crippen LogP contribution in [0.4, 0.5) is 10.1 Å². The van der Waals surface area contributed by atoms with Gasteiger partial charge in [-0.1, -0.05) is 0 Å². The number of halogens is 2. The number of nitrogens with zero attached hydrogens (tertiary/aromatic N) is 1. The summed E-state index contributed by atoms with van der Waals surface area (Å²) < 4.78 is 13.6. The Morgan fingerprint density at radius 3 is 2.76 bits per heavy atom. The summed E-state index contributed by atoms with van der Waals surface area (Å²) in [7, 11) is 0. The third kappa shape index (κ3) is 3.56. The minimum Gasteiger partial charge on any atom is -0.347 e. The molecule has 0 aromatic heterocycles. The Labute approximate surface area is 118 Å². The number of hydrogen-bond donors (Lipinski definition) is 1. The molecule has 0 amide bonds. The molecular formula is C11H12BrFN2S2. The van der Waals surface area contributed by atoms with E-state index in [2.05, 4.69) is 26.1 Å². The normalized spacial score (nSPS) is 15.8. The number of benzene rings is 1. The Morgan fingerprint density at radius 1 is 1.41 bits per heavy atom. The van der Waals surface area contributed by atoms with Gasteiger partial charge in [0, 0.05) is 29.1 Å². The Balaban J connectivity index is 2.02. The fourth-order valence-electron chi connectivity index (χ4n) is 1.55. The molecule has 1 aliphatic heterocycles. The van der Waals surface area contributed by atoms with Crippen molar-refractivity contribution in [1.29, 1.82) is 0 Å². The standard InChI is InChI=1S/C11H12BrFN2S2/c12-9-7-8(13)1-2-10(9)14-11(16)15-3-5-17-6-4-15/h1-2,7H,3-6H2,(H,14,16). The lowest BCUT2D eigenvalue weighted by Crippen LogP contribution is -2.40. The minimum atomic E-state index is -0.261. The van der Waals surface area contributed by atoms with Crippen LogP contribution in [0.1, 0.15) is 0 Å². The zero-order valence-electron chi connectivity index (χ0n) is 9.08. The molecule has 1 aliphatic rings. The maximum Gasteiger partial charge on any atom is 0.173 e. The van der Waals surface area contributed by atoms with Gasteiger partial charge in [0.2, 0.25) is 0 Å². The first-order chi connectivity index (χ1) is 8.16. The monoisotopic (exact) mass is 334 g/mol. The van der Waals surface area contributed by atoms with Crippen LogP contribution in [0.2, 0.25) is 0 Å². The average molecular weight is 335 g/mol. The lowest BCUT2D eigenvalue weighted by atomic mass is 10.3. The molecule has 0 unspecified atom stereocenters. The lowest BCUT2D eigenvalue weighted by Gasteiger charge is -2.29. The van der Waals surface area contributed by atoms with E-state index in [1.54, 1.807) is 6.07 Å². The molecule has 1 aromatic rings. The van der Waals surface area contributed by atoms with Crippen molar-refractivity contribution >= 4 is 50.7 Å². The molecule has 0 bridgehead atoms. The molecular weight excluding hydrogens is 323 g/mol. The van der Waals surface area contributed by atoms with E-state index in [0.717, 1.165) is 30.3 Å². The van der Waals surface area contributed by atoms with E-state index in [4.69, 9.17) is 12.2 Å². The summed E-state index contributed by atoms with van der Waals surface area (Å²) in [5.41, 5.74) is 0.801. The largest absolute Gasteiger partial charge is 0.347 e. The van der Waals surface area contributed by atoms with Gasteiger partial charge < -0.3 is 10.2 Å². The van der Waals surface area contributed by atoms with Crippen LogP contribution in [-0.4, -0.2) is 34.6 Å². The van der Waals surface area contributed by atoms with Gasteiger partial charge in [0.1, 0.15) is 5.82 Å². The van der Waals surface area contributed by atoms with Gasteiger partial charge in [-0.05, 0) is 46.3 Å². The van der Waals surface area contributed by atoms with Crippen molar-refractivity contribution in [3.05, 3.63) is 28.5 Å². The van der Waals surface area contributed by atoms with Crippen molar-refractivity contribution in [2.75, 3.05) is 29.9 Å². The second-order valence-corrected chi connectivity index (χ2v) is 6.12. The third-order valence-corrected chi connectivity index (χ3v) is 4.43. The molecule has 1 saturated heterocycles. The second-order valence-electron chi connectivity index (χ2n) is 3.65. The quantitative estimate of drug-likeness (QED) is 0.792. The van der Waals surface area contributed by atoms with Gasteiger partial charge in [-0.15, -0.1) is 0 Å². The summed E-state index contributed by atoms with van der Waals surface area (Å²) in [5.74, 6) is 1.95.